The van der Waals surface area contributed by atoms with E-state index in [0.717, 1.165) is 54.2 Å². The van der Waals surface area contributed by atoms with Gasteiger partial charge in [0.15, 0.2) is 5.75 Å². The van der Waals surface area contributed by atoms with E-state index in [4.69, 9.17) is 4.18 Å². The zero-order valence-corrected chi connectivity index (χ0v) is 19.9. The summed E-state index contributed by atoms with van der Waals surface area (Å²) < 4.78 is 69.0. The molecular formula is C26H28F3NO3S. The number of rotatable bonds is 8. The molecule has 8 heteroatoms. The lowest BCUT2D eigenvalue weighted by atomic mass is 9.83. The SMILES string of the molecule is CCCCCCc1c(OS(=O)(=O)C(F)(F)F)c2c(c3c(-c4ccccc4)ccnc13)CCCC2. The van der Waals surface area contributed by atoms with Gasteiger partial charge in [0, 0.05) is 22.7 Å². The van der Waals surface area contributed by atoms with Crippen molar-refractivity contribution in [2.45, 2.75) is 70.2 Å². The van der Waals surface area contributed by atoms with Gasteiger partial charge in [0.2, 0.25) is 0 Å². The number of nitrogens with zero attached hydrogens (tertiary/aromatic N) is 1. The molecule has 0 aliphatic heterocycles. The highest BCUT2D eigenvalue weighted by molar-refractivity contribution is 7.88. The third-order valence-corrected chi connectivity index (χ3v) is 7.35. The van der Waals surface area contributed by atoms with Gasteiger partial charge in [-0.05, 0) is 61.3 Å². The summed E-state index contributed by atoms with van der Waals surface area (Å²) in [5.41, 5.74) is -1.16. The van der Waals surface area contributed by atoms with E-state index in [2.05, 4.69) is 11.9 Å². The molecule has 0 bridgehead atoms. The molecule has 2 aromatic carbocycles. The van der Waals surface area contributed by atoms with E-state index < -0.39 is 15.6 Å². The number of pyridine rings is 1. The number of halogens is 3. The Morgan fingerprint density at radius 2 is 1.68 bits per heavy atom. The molecular weight excluding hydrogens is 463 g/mol. The zero-order valence-electron chi connectivity index (χ0n) is 19.1. The van der Waals surface area contributed by atoms with E-state index in [0.29, 0.717) is 42.3 Å². The van der Waals surface area contributed by atoms with Crippen LogP contribution in [0, 0.1) is 0 Å². The summed E-state index contributed by atoms with van der Waals surface area (Å²) in [5.74, 6) is -0.159. The monoisotopic (exact) mass is 491 g/mol. The Morgan fingerprint density at radius 3 is 2.35 bits per heavy atom. The van der Waals surface area contributed by atoms with Gasteiger partial charge >= 0.3 is 15.6 Å². The average molecular weight is 492 g/mol. The molecule has 0 amide bonds. The van der Waals surface area contributed by atoms with E-state index in [1.54, 1.807) is 6.20 Å². The van der Waals surface area contributed by atoms with Crippen LogP contribution >= 0.6 is 0 Å². The van der Waals surface area contributed by atoms with E-state index in [1.165, 1.54) is 0 Å². The first-order chi connectivity index (χ1) is 16.2. The Kier molecular flexibility index (Phi) is 7.17. The second-order valence-electron chi connectivity index (χ2n) is 8.71. The van der Waals surface area contributed by atoms with Gasteiger partial charge in [0.25, 0.3) is 0 Å². The summed E-state index contributed by atoms with van der Waals surface area (Å²) in [6.07, 6.45) is 8.36. The van der Waals surface area contributed by atoms with Gasteiger partial charge < -0.3 is 4.18 Å². The van der Waals surface area contributed by atoms with Crippen LogP contribution in [0.25, 0.3) is 22.0 Å². The van der Waals surface area contributed by atoms with Crippen molar-refractivity contribution in [1.82, 2.24) is 4.98 Å². The third-order valence-electron chi connectivity index (χ3n) is 6.40. The van der Waals surface area contributed by atoms with E-state index in [-0.39, 0.29) is 5.75 Å². The molecule has 1 aliphatic carbocycles. The minimum absolute atomic E-state index is 0.159. The number of aryl methyl sites for hydroxylation is 2. The van der Waals surface area contributed by atoms with Gasteiger partial charge in [-0.2, -0.15) is 21.6 Å². The minimum Gasteiger partial charge on any atom is -0.375 e. The maximum Gasteiger partial charge on any atom is 0.534 e. The Hall–Kier alpha value is -2.61. The van der Waals surface area contributed by atoms with Crippen LogP contribution in [0.1, 0.15) is 62.1 Å². The van der Waals surface area contributed by atoms with Crippen LogP contribution in [0.4, 0.5) is 13.2 Å². The second kappa shape index (κ2) is 9.94. The van der Waals surface area contributed by atoms with Crippen LogP contribution in [-0.2, 0) is 29.4 Å². The molecule has 4 rings (SSSR count). The zero-order chi connectivity index (χ0) is 24.3. The molecule has 0 saturated heterocycles. The lowest BCUT2D eigenvalue weighted by Crippen LogP contribution is -2.29. The molecule has 4 nitrogen and oxygen atoms in total. The van der Waals surface area contributed by atoms with Gasteiger partial charge in [-0.25, -0.2) is 0 Å². The van der Waals surface area contributed by atoms with Gasteiger partial charge in [-0.1, -0.05) is 56.5 Å². The van der Waals surface area contributed by atoms with Gasteiger partial charge in [-0.15, -0.1) is 0 Å². The number of hydrogen-bond acceptors (Lipinski definition) is 4. The summed E-state index contributed by atoms with van der Waals surface area (Å²) in [7, 11) is -5.80. The quantitative estimate of drug-likeness (QED) is 0.191. The summed E-state index contributed by atoms with van der Waals surface area (Å²) in [4.78, 5) is 4.57. The molecule has 0 spiro atoms. The topological polar surface area (TPSA) is 56.3 Å². The van der Waals surface area contributed by atoms with Crippen molar-refractivity contribution >= 4 is 21.0 Å². The van der Waals surface area contributed by atoms with E-state index in [1.807, 2.05) is 36.4 Å². The predicted molar refractivity (Wildman–Crippen MR) is 127 cm³/mol. The van der Waals surface area contributed by atoms with Crippen LogP contribution in [0.15, 0.2) is 42.6 Å². The van der Waals surface area contributed by atoms with Crippen molar-refractivity contribution in [3.05, 3.63) is 59.3 Å². The second-order valence-corrected chi connectivity index (χ2v) is 10.3. The highest BCUT2D eigenvalue weighted by Crippen LogP contribution is 2.44. The number of unbranched alkanes of at least 4 members (excludes halogenated alkanes) is 3. The number of alkyl halides is 3. The number of aromatic nitrogens is 1. The summed E-state index contributed by atoms with van der Waals surface area (Å²) in [6, 6.07) is 11.7. The van der Waals surface area contributed by atoms with Crippen LogP contribution < -0.4 is 4.18 Å². The fourth-order valence-electron chi connectivity index (χ4n) is 4.79. The lowest BCUT2D eigenvalue weighted by molar-refractivity contribution is -0.0500. The Labute approximate surface area is 198 Å². The number of hydrogen-bond donors (Lipinski definition) is 0. The molecule has 0 N–H and O–H groups in total. The van der Waals surface area contributed by atoms with Gasteiger partial charge in [0.1, 0.15) is 0 Å². The molecule has 1 heterocycles. The summed E-state index contributed by atoms with van der Waals surface area (Å²) in [5, 5.41) is 0.894. The molecule has 0 saturated carbocycles. The fourth-order valence-corrected chi connectivity index (χ4v) is 5.31. The molecule has 0 unspecified atom stereocenters. The smallest absolute Gasteiger partial charge is 0.375 e. The Balaban J connectivity index is 2.00. The largest absolute Gasteiger partial charge is 0.534 e. The van der Waals surface area contributed by atoms with Crippen molar-refractivity contribution < 1.29 is 25.8 Å². The first-order valence-electron chi connectivity index (χ1n) is 11.8. The molecule has 0 fully saturated rings. The molecule has 182 valence electrons. The van der Waals surface area contributed by atoms with Crippen LogP contribution in [-0.4, -0.2) is 18.9 Å². The first kappa shape index (κ1) is 24.5. The molecule has 1 aliphatic rings. The molecule has 3 aromatic rings. The molecule has 34 heavy (non-hydrogen) atoms. The molecule has 0 atom stereocenters. The predicted octanol–water partition coefficient (Wildman–Crippen LogP) is 7.13. The number of fused-ring (bicyclic) bond motifs is 3. The average Bonchev–Trinajstić information content (AvgIpc) is 2.82. The normalized spacial score (nSPS) is 14.2. The van der Waals surface area contributed by atoms with Crippen molar-refractivity contribution in [2.75, 3.05) is 0 Å². The van der Waals surface area contributed by atoms with Crippen molar-refractivity contribution in [2.24, 2.45) is 0 Å². The fraction of sp³-hybridized carbons (Fsp3) is 0.423. The third kappa shape index (κ3) is 4.78. The number of benzene rings is 2. The minimum atomic E-state index is -5.80. The van der Waals surface area contributed by atoms with Crippen LogP contribution in [0.2, 0.25) is 0 Å². The molecule has 1 aromatic heterocycles. The van der Waals surface area contributed by atoms with Crippen LogP contribution in [0.3, 0.4) is 0 Å². The summed E-state index contributed by atoms with van der Waals surface area (Å²) >= 11 is 0. The van der Waals surface area contributed by atoms with Crippen molar-refractivity contribution in [1.29, 1.82) is 0 Å². The maximum absolute atomic E-state index is 13.3. The maximum atomic E-state index is 13.3. The van der Waals surface area contributed by atoms with Crippen molar-refractivity contribution in [3.8, 4) is 16.9 Å². The highest BCUT2D eigenvalue weighted by Gasteiger charge is 2.49. The molecule has 0 radical (unpaired) electrons. The standard InChI is InChI=1S/C26H28F3NO3S/c1-2-3-4-8-15-22-24-23(19(16-17-30-24)18-11-6-5-7-12-18)20-13-9-10-14-21(20)25(22)33-34(31,32)26(27,28)29/h5-7,11-12,16-17H,2-4,8-10,13-15H2,1H3. The van der Waals surface area contributed by atoms with E-state index >= 15 is 0 Å². The Bertz CT molecular complexity index is 1270. The summed E-state index contributed by atoms with van der Waals surface area (Å²) in [6.45, 7) is 2.08. The highest BCUT2D eigenvalue weighted by atomic mass is 32.2. The van der Waals surface area contributed by atoms with Crippen LogP contribution in [0.5, 0.6) is 5.75 Å². The van der Waals surface area contributed by atoms with Crippen molar-refractivity contribution in [3.63, 3.8) is 0 Å². The Morgan fingerprint density at radius 1 is 0.971 bits per heavy atom. The lowest BCUT2D eigenvalue weighted by Gasteiger charge is -2.26. The first-order valence-corrected chi connectivity index (χ1v) is 13.2. The van der Waals surface area contributed by atoms with Gasteiger partial charge in [0.05, 0.1) is 5.52 Å². The van der Waals surface area contributed by atoms with E-state index in [9.17, 15) is 21.6 Å². The van der Waals surface area contributed by atoms with Gasteiger partial charge in [-0.3, -0.25) is 4.98 Å².